The lowest BCUT2D eigenvalue weighted by Crippen LogP contribution is -2.62. The van der Waals surface area contributed by atoms with Gasteiger partial charge in [-0.2, -0.15) is 0 Å². The van der Waals surface area contributed by atoms with Crippen LogP contribution >= 0.6 is 0 Å². The van der Waals surface area contributed by atoms with Gasteiger partial charge in [-0.3, -0.25) is 0 Å². The standard InChI is InChI=1S/C19H38O10/c1-24-19-18(28-13-5-9-23)17(27-12-4-8-22)16(26-11-3-7-21)15(29-19)14-25-10-2-6-20/h15-23H,2-14H2,1H3. The van der Waals surface area contributed by atoms with Gasteiger partial charge in [0.25, 0.3) is 0 Å². The van der Waals surface area contributed by atoms with Crippen molar-refractivity contribution in [1.29, 1.82) is 0 Å². The van der Waals surface area contributed by atoms with Crippen molar-refractivity contribution >= 4 is 0 Å². The van der Waals surface area contributed by atoms with Crippen LogP contribution in [0.15, 0.2) is 0 Å². The van der Waals surface area contributed by atoms with E-state index in [4.69, 9.17) is 48.8 Å². The smallest absolute Gasteiger partial charge is 0.186 e. The molecule has 0 aromatic carbocycles. The van der Waals surface area contributed by atoms with Crippen molar-refractivity contribution in [3.05, 3.63) is 0 Å². The Morgan fingerprint density at radius 1 is 0.655 bits per heavy atom. The largest absolute Gasteiger partial charge is 0.396 e. The van der Waals surface area contributed by atoms with Gasteiger partial charge in [0.1, 0.15) is 24.4 Å². The van der Waals surface area contributed by atoms with Crippen LogP contribution in [0.25, 0.3) is 0 Å². The molecule has 5 atom stereocenters. The van der Waals surface area contributed by atoms with Gasteiger partial charge in [-0.25, -0.2) is 0 Å². The van der Waals surface area contributed by atoms with Crippen molar-refractivity contribution in [2.45, 2.75) is 56.4 Å². The molecule has 1 rings (SSSR count). The molecule has 0 aromatic heterocycles. The summed E-state index contributed by atoms with van der Waals surface area (Å²) in [6.45, 7) is 1.53. The molecule has 1 aliphatic heterocycles. The van der Waals surface area contributed by atoms with Gasteiger partial charge in [-0.1, -0.05) is 0 Å². The van der Waals surface area contributed by atoms with Crippen LogP contribution in [0.3, 0.4) is 0 Å². The fourth-order valence-corrected chi connectivity index (χ4v) is 2.99. The molecule has 1 fully saturated rings. The summed E-state index contributed by atoms with van der Waals surface area (Å²) < 4.78 is 35.0. The second kappa shape index (κ2) is 17.3. The van der Waals surface area contributed by atoms with E-state index in [9.17, 15) is 0 Å². The van der Waals surface area contributed by atoms with E-state index in [1.807, 2.05) is 0 Å². The highest BCUT2D eigenvalue weighted by Crippen LogP contribution is 2.29. The molecule has 29 heavy (non-hydrogen) atoms. The maximum Gasteiger partial charge on any atom is 0.186 e. The minimum Gasteiger partial charge on any atom is -0.396 e. The van der Waals surface area contributed by atoms with Crippen molar-refractivity contribution in [3.8, 4) is 0 Å². The van der Waals surface area contributed by atoms with Crippen LogP contribution < -0.4 is 0 Å². The van der Waals surface area contributed by atoms with Gasteiger partial charge < -0.3 is 48.8 Å². The SMILES string of the molecule is COC1OC(COCCCO)C(OCCCO)C(OCCCO)C1OCCCO. The fourth-order valence-electron chi connectivity index (χ4n) is 2.99. The van der Waals surface area contributed by atoms with E-state index >= 15 is 0 Å². The van der Waals surface area contributed by atoms with Crippen molar-refractivity contribution in [2.24, 2.45) is 0 Å². The third-order valence-corrected chi connectivity index (χ3v) is 4.39. The molecule has 0 amide bonds. The quantitative estimate of drug-likeness (QED) is 0.203. The van der Waals surface area contributed by atoms with E-state index < -0.39 is 30.7 Å². The number of hydrogen-bond acceptors (Lipinski definition) is 10. The monoisotopic (exact) mass is 426 g/mol. The predicted octanol–water partition coefficient (Wildman–Crippen LogP) is -0.940. The van der Waals surface area contributed by atoms with E-state index in [0.29, 0.717) is 52.1 Å². The molecule has 0 spiro atoms. The zero-order valence-electron chi connectivity index (χ0n) is 17.3. The molecule has 5 unspecified atom stereocenters. The third kappa shape index (κ3) is 9.97. The Morgan fingerprint density at radius 3 is 1.66 bits per heavy atom. The Hall–Kier alpha value is -0.400. The summed E-state index contributed by atoms with van der Waals surface area (Å²) >= 11 is 0. The van der Waals surface area contributed by atoms with Gasteiger partial charge in [0.15, 0.2) is 6.29 Å². The minimum absolute atomic E-state index is 0.000979. The maximum absolute atomic E-state index is 9.10. The first kappa shape index (κ1) is 26.6. The molecule has 4 N–H and O–H groups in total. The maximum atomic E-state index is 9.10. The molecule has 0 aromatic rings. The van der Waals surface area contributed by atoms with Crippen LogP contribution in [-0.2, 0) is 28.4 Å². The lowest BCUT2D eigenvalue weighted by atomic mass is 9.98. The van der Waals surface area contributed by atoms with Crippen LogP contribution in [0.1, 0.15) is 25.7 Å². The van der Waals surface area contributed by atoms with E-state index in [-0.39, 0.29) is 33.0 Å². The van der Waals surface area contributed by atoms with Crippen LogP contribution in [0.2, 0.25) is 0 Å². The molecule has 1 aliphatic rings. The van der Waals surface area contributed by atoms with Crippen molar-refractivity contribution in [3.63, 3.8) is 0 Å². The van der Waals surface area contributed by atoms with Crippen molar-refractivity contribution in [1.82, 2.24) is 0 Å². The minimum atomic E-state index is -0.725. The van der Waals surface area contributed by atoms with Crippen LogP contribution in [0.4, 0.5) is 0 Å². The molecule has 0 aliphatic carbocycles. The molecule has 0 bridgehead atoms. The highest BCUT2D eigenvalue weighted by atomic mass is 16.7. The van der Waals surface area contributed by atoms with E-state index in [2.05, 4.69) is 0 Å². The summed E-state index contributed by atoms with van der Waals surface area (Å²) in [5.74, 6) is 0. The predicted molar refractivity (Wildman–Crippen MR) is 103 cm³/mol. The average Bonchev–Trinajstić information content (AvgIpc) is 2.73. The Kier molecular flexibility index (Phi) is 15.9. The normalized spacial score (nSPS) is 27.4. The summed E-state index contributed by atoms with van der Waals surface area (Å²) in [5, 5.41) is 36.2. The summed E-state index contributed by atoms with van der Waals surface area (Å²) in [7, 11) is 1.51. The second-order valence-electron chi connectivity index (χ2n) is 6.67. The van der Waals surface area contributed by atoms with Gasteiger partial charge in [-0.15, -0.1) is 0 Å². The summed E-state index contributed by atoms with van der Waals surface area (Å²) in [6, 6.07) is 0. The topological polar surface area (TPSA) is 136 Å². The van der Waals surface area contributed by atoms with E-state index in [1.54, 1.807) is 0 Å². The number of hydrogen-bond donors (Lipinski definition) is 4. The van der Waals surface area contributed by atoms with Gasteiger partial charge in [-0.05, 0) is 25.7 Å². The number of aliphatic hydroxyl groups is 4. The molecule has 1 saturated heterocycles. The van der Waals surface area contributed by atoms with Crippen LogP contribution in [0.5, 0.6) is 0 Å². The molecule has 10 nitrogen and oxygen atoms in total. The lowest BCUT2D eigenvalue weighted by molar-refractivity contribution is -0.318. The third-order valence-electron chi connectivity index (χ3n) is 4.39. The highest BCUT2D eigenvalue weighted by molar-refractivity contribution is 4.93. The molecule has 1 heterocycles. The van der Waals surface area contributed by atoms with Crippen LogP contribution in [-0.4, -0.2) is 118 Å². The number of methoxy groups -OCH3 is 1. The second-order valence-corrected chi connectivity index (χ2v) is 6.67. The number of rotatable bonds is 18. The van der Waals surface area contributed by atoms with Crippen molar-refractivity contribution in [2.75, 3.05) is 66.6 Å². The zero-order chi connectivity index (χ0) is 21.3. The average molecular weight is 427 g/mol. The fraction of sp³-hybridized carbons (Fsp3) is 1.00. The summed E-state index contributed by atoms with van der Waals surface area (Å²) in [6.07, 6.45) is -1.03. The first-order chi connectivity index (χ1) is 14.2. The summed E-state index contributed by atoms with van der Waals surface area (Å²) in [4.78, 5) is 0. The first-order valence-corrected chi connectivity index (χ1v) is 10.3. The highest BCUT2D eigenvalue weighted by Gasteiger charge is 2.48. The van der Waals surface area contributed by atoms with E-state index in [1.165, 1.54) is 7.11 Å². The molecular formula is C19H38O10. The van der Waals surface area contributed by atoms with Crippen molar-refractivity contribution < 1.29 is 48.8 Å². The zero-order valence-corrected chi connectivity index (χ0v) is 17.3. The lowest BCUT2D eigenvalue weighted by Gasteiger charge is -2.45. The Morgan fingerprint density at radius 2 is 1.14 bits per heavy atom. The van der Waals surface area contributed by atoms with Gasteiger partial charge in [0.2, 0.25) is 0 Å². The Balaban J connectivity index is 2.92. The van der Waals surface area contributed by atoms with Gasteiger partial charge in [0, 0.05) is 60.0 Å². The molecular weight excluding hydrogens is 388 g/mol. The van der Waals surface area contributed by atoms with E-state index in [0.717, 1.165) is 0 Å². The molecule has 0 radical (unpaired) electrons. The van der Waals surface area contributed by atoms with Gasteiger partial charge in [0.05, 0.1) is 6.61 Å². The first-order valence-electron chi connectivity index (χ1n) is 10.3. The van der Waals surface area contributed by atoms with Crippen LogP contribution in [0, 0.1) is 0 Å². The molecule has 0 saturated carbocycles. The molecule has 10 heteroatoms. The number of aliphatic hydroxyl groups excluding tert-OH is 4. The Bertz CT molecular complexity index is 373. The summed E-state index contributed by atoms with van der Waals surface area (Å²) in [5.41, 5.74) is 0. The van der Waals surface area contributed by atoms with Gasteiger partial charge >= 0.3 is 0 Å². The Labute approximate surface area is 172 Å². The number of ether oxygens (including phenoxy) is 6. The molecule has 174 valence electrons.